The lowest BCUT2D eigenvalue weighted by Crippen LogP contribution is -2.42. The van der Waals surface area contributed by atoms with Gasteiger partial charge in [-0.05, 0) is 30.5 Å². The van der Waals surface area contributed by atoms with Gasteiger partial charge in [-0.2, -0.15) is 4.98 Å². The second-order valence-electron chi connectivity index (χ2n) is 7.83. The molecule has 0 radical (unpaired) electrons. The first-order chi connectivity index (χ1) is 9.62. The Morgan fingerprint density at radius 3 is 2.76 bits per heavy atom. The summed E-state index contributed by atoms with van der Waals surface area (Å²) >= 11 is 0. The maximum absolute atomic E-state index is 12.1. The van der Waals surface area contributed by atoms with Crippen LogP contribution in [0.15, 0.2) is 10.9 Å². The van der Waals surface area contributed by atoms with Gasteiger partial charge in [0, 0.05) is 5.92 Å². The summed E-state index contributed by atoms with van der Waals surface area (Å²) in [6.07, 6.45) is 1.06. The first-order valence-electron chi connectivity index (χ1n) is 7.58. The van der Waals surface area contributed by atoms with Crippen molar-refractivity contribution in [1.82, 2.24) is 9.55 Å². The van der Waals surface area contributed by atoms with E-state index in [2.05, 4.69) is 38.8 Å². The van der Waals surface area contributed by atoms with Crippen molar-refractivity contribution >= 4 is 8.32 Å². The fourth-order valence-electron chi connectivity index (χ4n) is 2.93. The number of rotatable bonds is 3. The number of hydrogen-bond donors (Lipinski definition) is 1. The normalized spacial score (nSPS) is 27.4. The molecule has 1 N–H and O–H groups in total. The Morgan fingerprint density at radius 2 is 2.14 bits per heavy atom. The molecule has 1 aliphatic heterocycles. The van der Waals surface area contributed by atoms with E-state index in [1.54, 1.807) is 4.57 Å². The second kappa shape index (κ2) is 4.43. The predicted molar refractivity (Wildman–Crippen MR) is 83.2 cm³/mol. The Kier molecular flexibility index (Phi) is 3.12. The van der Waals surface area contributed by atoms with Crippen LogP contribution < -0.4 is 5.56 Å². The maximum Gasteiger partial charge on any atom is 0.257 e. The lowest BCUT2D eigenvalue weighted by Gasteiger charge is -2.37. The van der Waals surface area contributed by atoms with Gasteiger partial charge in [0.1, 0.15) is 5.82 Å². The summed E-state index contributed by atoms with van der Waals surface area (Å²) in [5.74, 6) is 1.37. The minimum Gasteiger partial charge on any atom is -0.493 e. The highest BCUT2D eigenvalue weighted by Gasteiger charge is 2.54. The summed E-state index contributed by atoms with van der Waals surface area (Å²) in [5.41, 5.74) is -0.159. The Morgan fingerprint density at radius 1 is 1.48 bits per heavy atom. The first-order valence-corrected chi connectivity index (χ1v) is 10.5. The molecule has 1 fully saturated rings. The Balaban J connectivity index is 1.83. The van der Waals surface area contributed by atoms with Gasteiger partial charge in [0.25, 0.3) is 5.56 Å². The van der Waals surface area contributed by atoms with Crippen molar-refractivity contribution in [2.45, 2.75) is 57.3 Å². The van der Waals surface area contributed by atoms with Crippen LogP contribution in [0.4, 0.5) is 0 Å². The maximum atomic E-state index is 12.1. The number of hydrogen-bond acceptors (Lipinski definition) is 4. The van der Waals surface area contributed by atoms with Gasteiger partial charge in [-0.3, -0.25) is 9.36 Å². The minimum absolute atomic E-state index is 0.0831. The van der Waals surface area contributed by atoms with Crippen LogP contribution in [0.5, 0.6) is 5.88 Å². The highest BCUT2D eigenvalue weighted by molar-refractivity contribution is 6.74. The summed E-state index contributed by atoms with van der Waals surface area (Å²) in [6.45, 7) is 11.7. The number of aromatic hydroxyl groups is 1. The quantitative estimate of drug-likeness (QED) is 0.872. The summed E-state index contributed by atoms with van der Waals surface area (Å²) in [7, 11) is -1.82. The molecule has 0 amide bonds. The predicted octanol–water partition coefficient (Wildman–Crippen LogP) is 2.63. The zero-order valence-corrected chi connectivity index (χ0v) is 14.4. The molecule has 2 aliphatic rings. The van der Waals surface area contributed by atoms with Gasteiger partial charge in [-0.1, -0.05) is 20.8 Å². The molecule has 5 nitrogen and oxygen atoms in total. The molecule has 1 aliphatic carbocycles. The van der Waals surface area contributed by atoms with Gasteiger partial charge in [-0.25, -0.2) is 0 Å². The van der Waals surface area contributed by atoms with Gasteiger partial charge >= 0.3 is 0 Å². The molecule has 3 rings (SSSR count). The molecule has 1 aromatic rings. The van der Waals surface area contributed by atoms with Crippen molar-refractivity contribution in [3.63, 3.8) is 0 Å². The summed E-state index contributed by atoms with van der Waals surface area (Å²) in [5, 5.41) is 9.68. The molecule has 2 heterocycles. The molecule has 1 saturated carbocycles. The Labute approximate surface area is 126 Å². The van der Waals surface area contributed by atoms with Crippen LogP contribution >= 0.6 is 0 Å². The summed E-state index contributed by atoms with van der Waals surface area (Å²) < 4.78 is 8.05. The van der Waals surface area contributed by atoms with Crippen LogP contribution in [0.1, 0.15) is 45.0 Å². The smallest absolute Gasteiger partial charge is 0.257 e. The monoisotopic (exact) mass is 308 g/mol. The van der Waals surface area contributed by atoms with E-state index < -0.39 is 8.32 Å². The molecule has 116 valence electrons. The van der Waals surface area contributed by atoms with Crippen LogP contribution in [-0.4, -0.2) is 29.6 Å². The molecular formula is C15H24N2O3Si. The van der Waals surface area contributed by atoms with Crippen molar-refractivity contribution in [3.05, 3.63) is 22.2 Å². The topological polar surface area (TPSA) is 64.3 Å². The van der Waals surface area contributed by atoms with Crippen molar-refractivity contribution in [2.75, 3.05) is 6.61 Å². The molecule has 0 bridgehead atoms. The third kappa shape index (κ3) is 2.34. The van der Waals surface area contributed by atoms with Crippen molar-refractivity contribution in [2.24, 2.45) is 5.92 Å². The van der Waals surface area contributed by atoms with Crippen LogP contribution in [-0.2, 0) is 4.43 Å². The van der Waals surface area contributed by atoms with E-state index in [9.17, 15) is 9.90 Å². The molecule has 21 heavy (non-hydrogen) atoms. The summed E-state index contributed by atoms with van der Waals surface area (Å²) in [6, 6.07) is 1.29. The molecule has 0 unspecified atom stereocenters. The van der Waals surface area contributed by atoms with Gasteiger partial charge < -0.3 is 9.53 Å². The number of nitrogens with zero attached hydrogens (tertiary/aromatic N) is 2. The van der Waals surface area contributed by atoms with Crippen LogP contribution in [0, 0.1) is 5.92 Å². The average Bonchev–Trinajstić information content (AvgIpc) is 3.04. The van der Waals surface area contributed by atoms with E-state index in [4.69, 9.17) is 4.43 Å². The largest absolute Gasteiger partial charge is 0.493 e. The van der Waals surface area contributed by atoms with E-state index in [-0.39, 0.29) is 22.5 Å². The Hall–Kier alpha value is -1.14. The lowest BCUT2D eigenvalue weighted by atomic mass is 10.2. The zero-order chi connectivity index (χ0) is 15.6. The lowest BCUT2D eigenvalue weighted by molar-refractivity contribution is 0.218. The molecular weight excluding hydrogens is 284 g/mol. The standard InChI is InChI=1S/C15H24N2O3Si/c1-15(2,3)21(4,5)20-8-11-9-6-10(9)14-16-12(18)7-13(19)17(11)14/h7,9-11,18H,6,8H2,1-5H3/t9-,10+,11+/m0/s1. The van der Waals surface area contributed by atoms with Gasteiger partial charge in [-0.15, -0.1) is 0 Å². The summed E-state index contributed by atoms with van der Waals surface area (Å²) in [4.78, 5) is 16.3. The first kappa shape index (κ1) is 14.8. The van der Waals surface area contributed by atoms with E-state index in [1.807, 2.05) is 0 Å². The van der Waals surface area contributed by atoms with Gasteiger partial charge in [0.2, 0.25) is 5.88 Å². The highest BCUT2D eigenvalue weighted by Crippen LogP contribution is 2.58. The van der Waals surface area contributed by atoms with Gasteiger partial charge in [0.15, 0.2) is 8.32 Å². The average molecular weight is 308 g/mol. The fraction of sp³-hybridized carbons (Fsp3) is 0.733. The van der Waals surface area contributed by atoms with E-state index in [0.717, 1.165) is 12.2 Å². The van der Waals surface area contributed by atoms with Gasteiger partial charge in [0.05, 0.1) is 18.7 Å². The third-order valence-corrected chi connectivity index (χ3v) is 9.89. The highest BCUT2D eigenvalue weighted by atomic mass is 28.4. The van der Waals surface area contributed by atoms with E-state index in [1.165, 1.54) is 6.07 Å². The second-order valence-corrected chi connectivity index (χ2v) is 12.6. The Bertz CT molecular complexity index is 633. The molecule has 3 atom stereocenters. The third-order valence-electron chi connectivity index (χ3n) is 5.38. The SMILES string of the molecule is CC(C)(C)[Si](C)(C)OC[C@@H]1[C@H]2C[C@H]2c2nc(O)cc(=O)n21. The van der Waals surface area contributed by atoms with E-state index >= 15 is 0 Å². The number of aromatic nitrogens is 2. The molecule has 0 spiro atoms. The number of fused-ring (bicyclic) bond motifs is 3. The van der Waals surface area contributed by atoms with E-state index in [0.29, 0.717) is 18.4 Å². The molecule has 0 aromatic carbocycles. The molecule has 6 heteroatoms. The minimum atomic E-state index is -1.82. The molecule has 1 aromatic heterocycles. The zero-order valence-electron chi connectivity index (χ0n) is 13.4. The van der Waals surface area contributed by atoms with Crippen molar-refractivity contribution in [1.29, 1.82) is 0 Å². The van der Waals surface area contributed by atoms with Crippen LogP contribution in [0.3, 0.4) is 0 Å². The van der Waals surface area contributed by atoms with Crippen LogP contribution in [0.2, 0.25) is 18.1 Å². The van der Waals surface area contributed by atoms with Crippen molar-refractivity contribution < 1.29 is 9.53 Å². The van der Waals surface area contributed by atoms with Crippen LogP contribution in [0.25, 0.3) is 0 Å². The molecule has 0 saturated heterocycles. The van der Waals surface area contributed by atoms with Crippen molar-refractivity contribution in [3.8, 4) is 5.88 Å². The fourth-order valence-corrected chi connectivity index (χ4v) is 3.95.